The van der Waals surface area contributed by atoms with E-state index in [2.05, 4.69) is 10.6 Å². The van der Waals surface area contributed by atoms with Gasteiger partial charge in [0.2, 0.25) is 0 Å². The molecule has 0 aliphatic rings. The van der Waals surface area contributed by atoms with Gasteiger partial charge in [-0.1, -0.05) is 43.7 Å². The zero-order valence-corrected chi connectivity index (χ0v) is 16.0. The van der Waals surface area contributed by atoms with Gasteiger partial charge < -0.3 is 25.2 Å². The van der Waals surface area contributed by atoms with Crippen molar-refractivity contribution in [3.8, 4) is 0 Å². The summed E-state index contributed by atoms with van der Waals surface area (Å²) in [7, 11) is 0. The summed E-state index contributed by atoms with van der Waals surface area (Å²) in [6, 6.07) is 8.63. The van der Waals surface area contributed by atoms with Gasteiger partial charge in [0, 0.05) is 6.54 Å². The van der Waals surface area contributed by atoms with Crippen molar-refractivity contribution < 1.29 is 24.2 Å². The lowest BCUT2D eigenvalue weighted by atomic mass is 10.1. The SMILES string of the molecule is CCC[C@@H](O)[C@H](CNC(=O)OCc1ccccc1)NC(=O)OC(C)(C)C. The van der Waals surface area contributed by atoms with Gasteiger partial charge in [-0.15, -0.1) is 0 Å². The average molecular weight is 366 g/mol. The first-order valence-corrected chi connectivity index (χ1v) is 8.83. The molecule has 3 N–H and O–H groups in total. The number of rotatable bonds is 8. The Balaban J connectivity index is 2.51. The molecule has 2 amide bonds. The van der Waals surface area contributed by atoms with Crippen molar-refractivity contribution in [3.63, 3.8) is 0 Å². The maximum Gasteiger partial charge on any atom is 0.408 e. The van der Waals surface area contributed by atoms with Crippen molar-refractivity contribution in [3.05, 3.63) is 35.9 Å². The first-order chi connectivity index (χ1) is 12.2. The molecule has 1 rings (SSSR count). The van der Waals surface area contributed by atoms with Gasteiger partial charge in [-0.2, -0.15) is 0 Å². The predicted octanol–water partition coefficient (Wildman–Crippen LogP) is 2.97. The lowest BCUT2D eigenvalue weighted by molar-refractivity contribution is 0.0409. The number of carbonyl (C=O) groups is 2. The molecule has 0 fully saturated rings. The van der Waals surface area contributed by atoms with Crippen LogP contribution in [0, 0.1) is 0 Å². The molecule has 0 unspecified atom stereocenters. The fourth-order valence-electron chi connectivity index (χ4n) is 2.21. The van der Waals surface area contributed by atoms with Crippen LogP contribution in [-0.4, -0.2) is 41.6 Å². The number of hydrogen-bond donors (Lipinski definition) is 3. The van der Waals surface area contributed by atoms with Crippen LogP contribution in [0.3, 0.4) is 0 Å². The molecule has 0 radical (unpaired) electrons. The molecule has 0 heterocycles. The topological polar surface area (TPSA) is 96.9 Å². The van der Waals surface area contributed by atoms with Gasteiger partial charge in [0.25, 0.3) is 0 Å². The average Bonchev–Trinajstić information content (AvgIpc) is 2.56. The molecule has 2 atom stereocenters. The van der Waals surface area contributed by atoms with Gasteiger partial charge in [0.05, 0.1) is 12.1 Å². The standard InChI is InChI=1S/C19H30N2O5/c1-5-9-16(22)15(21-18(24)26-19(2,3)4)12-20-17(23)25-13-14-10-7-6-8-11-14/h6-8,10-11,15-16,22H,5,9,12-13H2,1-4H3,(H,20,23)(H,21,24)/t15-,16+/m0/s1. The third-order valence-electron chi connectivity index (χ3n) is 3.43. The highest BCUT2D eigenvalue weighted by Crippen LogP contribution is 2.08. The van der Waals surface area contributed by atoms with Crippen LogP contribution in [-0.2, 0) is 16.1 Å². The van der Waals surface area contributed by atoms with E-state index in [9.17, 15) is 14.7 Å². The van der Waals surface area contributed by atoms with Crippen LogP contribution >= 0.6 is 0 Å². The number of aliphatic hydroxyl groups excluding tert-OH is 1. The molecule has 146 valence electrons. The van der Waals surface area contributed by atoms with E-state index in [4.69, 9.17) is 9.47 Å². The molecule has 0 saturated heterocycles. The van der Waals surface area contributed by atoms with Crippen molar-refractivity contribution in [2.24, 2.45) is 0 Å². The van der Waals surface area contributed by atoms with Crippen molar-refractivity contribution in [2.75, 3.05) is 6.54 Å². The maximum atomic E-state index is 11.9. The second-order valence-corrected chi connectivity index (χ2v) is 7.05. The molecule has 0 aliphatic heterocycles. The van der Waals surface area contributed by atoms with Crippen LogP contribution in [0.2, 0.25) is 0 Å². The molecule has 0 saturated carbocycles. The van der Waals surface area contributed by atoms with Crippen LogP contribution in [0.1, 0.15) is 46.1 Å². The van der Waals surface area contributed by atoms with Crippen LogP contribution in [0.4, 0.5) is 9.59 Å². The number of nitrogens with one attached hydrogen (secondary N) is 2. The summed E-state index contributed by atoms with van der Waals surface area (Å²) in [5.41, 5.74) is 0.226. The van der Waals surface area contributed by atoms with Gasteiger partial charge in [-0.3, -0.25) is 0 Å². The normalized spacial score (nSPS) is 13.4. The highest BCUT2D eigenvalue weighted by molar-refractivity contribution is 5.69. The largest absolute Gasteiger partial charge is 0.445 e. The Morgan fingerprint density at radius 1 is 1.15 bits per heavy atom. The molecule has 1 aromatic rings. The number of carbonyl (C=O) groups excluding carboxylic acids is 2. The molecular weight excluding hydrogens is 336 g/mol. The zero-order valence-electron chi connectivity index (χ0n) is 16.0. The highest BCUT2D eigenvalue weighted by atomic mass is 16.6. The third kappa shape index (κ3) is 9.27. The van der Waals surface area contributed by atoms with E-state index < -0.39 is 29.9 Å². The summed E-state index contributed by atoms with van der Waals surface area (Å²) in [6.45, 7) is 7.37. The van der Waals surface area contributed by atoms with Gasteiger partial charge in [0.1, 0.15) is 12.2 Å². The van der Waals surface area contributed by atoms with Crippen molar-refractivity contribution in [2.45, 2.75) is 64.9 Å². The number of hydrogen-bond acceptors (Lipinski definition) is 5. The lowest BCUT2D eigenvalue weighted by Crippen LogP contribution is -2.51. The second-order valence-electron chi connectivity index (χ2n) is 7.05. The van der Waals surface area contributed by atoms with Crippen molar-refractivity contribution in [1.29, 1.82) is 0 Å². The Kier molecular flexibility index (Phi) is 8.92. The van der Waals surface area contributed by atoms with Crippen molar-refractivity contribution in [1.82, 2.24) is 10.6 Å². The van der Waals surface area contributed by atoms with Gasteiger partial charge >= 0.3 is 12.2 Å². The Labute approximate surface area is 155 Å². The molecule has 0 bridgehead atoms. The zero-order chi connectivity index (χ0) is 19.6. The maximum absolute atomic E-state index is 11.9. The van der Waals surface area contributed by atoms with Crippen LogP contribution in [0.25, 0.3) is 0 Å². The van der Waals surface area contributed by atoms with Gasteiger partial charge in [-0.05, 0) is 32.8 Å². The Morgan fingerprint density at radius 2 is 1.81 bits per heavy atom. The van der Waals surface area contributed by atoms with Gasteiger partial charge in [0.15, 0.2) is 0 Å². The Bertz CT molecular complexity index is 557. The Hall–Kier alpha value is -2.28. The summed E-state index contributed by atoms with van der Waals surface area (Å²) in [5, 5.41) is 15.4. The van der Waals surface area contributed by atoms with Crippen LogP contribution < -0.4 is 10.6 Å². The quantitative estimate of drug-likeness (QED) is 0.657. The molecular formula is C19H30N2O5. The van der Waals surface area contributed by atoms with E-state index in [1.165, 1.54) is 0 Å². The van der Waals surface area contributed by atoms with E-state index in [1.807, 2.05) is 37.3 Å². The summed E-state index contributed by atoms with van der Waals surface area (Å²) in [6.07, 6.45) is -0.833. The van der Waals surface area contributed by atoms with Crippen LogP contribution in [0.15, 0.2) is 30.3 Å². The third-order valence-corrected chi connectivity index (χ3v) is 3.43. The molecule has 7 heteroatoms. The summed E-state index contributed by atoms with van der Waals surface area (Å²) in [4.78, 5) is 23.8. The molecule has 0 aromatic heterocycles. The molecule has 1 aromatic carbocycles. The van der Waals surface area contributed by atoms with E-state index in [-0.39, 0.29) is 13.2 Å². The fourth-order valence-corrected chi connectivity index (χ4v) is 2.21. The second kappa shape index (κ2) is 10.7. The number of alkyl carbamates (subject to hydrolysis) is 2. The summed E-state index contributed by atoms with van der Waals surface area (Å²) >= 11 is 0. The van der Waals surface area contributed by atoms with E-state index in [0.717, 1.165) is 12.0 Å². The number of amides is 2. The monoisotopic (exact) mass is 366 g/mol. The number of aliphatic hydroxyl groups is 1. The predicted molar refractivity (Wildman–Crippen MR) is 98.7 cm³/mol. The number of benzene rings is 1. The van der Waals surface area contributed by atoms with E-state index >= 15 is 0 Å². The minimum Gasteiger partial charge on any atom is -0.445 e. The minimum absolute atomic E-state index is 0.0357. The van der Waals surface area contributed by atoms with Gasteiger partial charge in [-0.25, -0.2) is 9.59 Å². The fraction of sp³-hybridized carbons (Fsp3) is 0.579. The Morgan fingerprint density at radius 3 is 2.38 bits per heavy atom. The summed E-state index contributed by atoms with van der Waals surface area (Å²) < 4.78 is 10.3. The molecule has 0 spiro atoms. The molecule has 7 nitrogen and oxygen atoms in total. The molecule has 26 heavy (non-hydrogen) atoms. The molecule has 0 aliphatic carbocycles. The lowest BCUT2D eigenvalue weighted by Gasteiger charge is -2.26. The minimum atomic E-state index is -0.804. The first-order valence-electron chi connectivity index (χ1n) is 8.83. The van der Waals surface area contributed by atoms with Crippen LogP contribution in [0.5, 0.6) is 0 Å². The number of ether oxygens (including phenoxy) is 2. The first kappa shape index (κ1) is 21.8. The van der Waals surface area contributed by atoms with E-state index in [0.29, 0.717) is 6.42 Å². The highest BCUT2D eigenvalue weighted by Gasteiger charge is 2.24. The van der Waals surface area contributed by atoms with E-state index in [1.54, 1.807) is 20.8 Å². The smallest absolute Gasteiger partial charge is 0.408 e. The summed E-state index contributed by atoms with van der Waals surface area (Å²) in [5.74, 6) is 0. The van der Waals surface area contributed by atoms with Crippen molar-refractivity contribution >= 4 is 12.2 Å².